The molecule has 3 rings (SSSR count). The average molecular weight is 292 g/mol. The zero-order valence-corrected chi connectivity index (χ0v) is 13.6. The Balaban J connectivity index is 2.21. The van der Waals surface area contributed by atoms with Gasteiger partial charge in [0, 0.05) is 17.0 Å². The molecule has 0 spiro atoms. The quantitative estimate of drug-likeness (QED) is 0.640. The molecule has 0 fully saturated rings. The highest BCUT2D eigenvalue weighted by atomic mass is 14.7. The number of nitrogens with one attached hydrogen (secondary N) is 1. The fraction of sp³-hybridized carbons (Fsp3) is 0.300. The molecule has 1 atom stereocenters. The molecule has 2 heteroatoms. The minimum Gasteiger partial charge on any atom is -0.397 e. The van der Waals surface area contributed by atoms with Gasteiger partial charge in [0.2, 0.25) is 0 Å². The monoisotopic (exact) mass is 292 g/mol. The summed E-state index contributed by atoms with van der Waals surface area (Å²) in [6.45, 7) is 6.72. The molecule has 3 N–H and O–H groups in total. The predicted molar refractivity (Wildman–Crippen MR) is 95.3 cm³/mol. The highest BCUT2D eigenvalue weighted by Crippen LogP contribution is 2.40. The number of nitrogen functional groups attached to an aromatic ring is 1. The van der Waals surface area contributed by atoms with Crippen LogP contribution in [-0.2, 0) is 5.41 Å². The van der Waals surface area contributed by atoms with Crippen LogP contribution in [0.2, 0.25) is 0 Å². The summed E-state index contributed by atoms with van der Waals surface area (Å²) in [7, 11) is 0. The van der Waals surface area contributed by atoms with Crippen LogP contribution in [0.15, 0.2) is 48.7 Å². The Labute approximate surface area is 132 Å². The molecule has 0 radical (unpaired) electrons. The summed E-state index contributed by atoms with van der Waals surface area (Å²) in [5.74, 6) is 0. The van der Waals surface area contributed by atoms with Crippen molar-refractivity contribution in [2.75, 3.05) is 5.73 Å². The van der Waals surface area contributed by atoms with E-state index in [1.54, 1.807) is 0 Å². The molecule has 0 bridgehead atoms. The van der Waals surface area contributed by atoms with Gasteiger partial charge < -0.3 is 10.7 Å². The minimum absolute atomic E-state index is 0.00546. The lowest BCUT2D eigenvalue weighted by atomic mass is 9.73. The number of aromatic nitrogens is 1. The normalized spacial score (nSPS) is 14.1. The van der Waals surface area contributed by atoms with Gasteiger partial charge in [-0.15, -0.1) is 0 Å². The standard InChI is InChI=1S/C20H24N2/c1-4-12-20(3,15-10-8-14(2)9-11-15)17-13-22-19-16(17)6-5-7-18(19)21/h5-11,13,22H,4,12,21H2,1-3H3. The van der Waals surface area contributed by atoms with Crippen LogP contribution in [-0.4, -0.2) is 4.98 Å². The third-order valence-corrected chi connectivity index (χ3v) is 4.78. The molecule has 0 saturated heterocycles. The largest absolute Gasteiger partial charge is 0.397 e. The number of aromatic amines is 1. The van der Waals surface area contributed by atoms with Gasteiger partial charge in [-0.25, -0.2) is 0 Å². The molecule has 0 aliphatic heterocycles. The maximum absolute atomic E-state index is 6.11. The number of H-pyrrole nitrogens is 1. The smallest absolute Gasteiger partial charge is 0.0690 e. The highest BCUT2D eigenvalue weighted by Gasteiger charge is 2.30. The second-order valence-electron chi connectivity index (χ2n) is 6.42. The van der Waals surface area contributed by atoms with E-state index in [-0.39, 0.29) is 5.41 Å². The molecule has 1 unspecified atom stereocenters. The van der Waals surface area contributed by atoms with E-state index >= 15 is 0 Å². The molecule has 3 aromatic rings. The fourth-order valence-electron chi connectivity index (χ4n) is 3.49. The van der Waals surface area contributed by atoms with Gasteiger partial charge in [0.25, 0.3) is 0 Å². The molecule has 1 heterocycles. The molecule has 2 nitrogen and oxygen atoms in total. The van der Waals surface area contributed by atoms with Crippen molar-refractivity contribution in [3.05, 3.63) is 65.4 Å². The molecule has 2 aromatic carbocycles. The summed E-state index contributed by atoms with van der Waals surface area (Å²) in [4.78, 5) is 3.38. The topological polar surface area (TPSA) is 41.8 Å². The second kappa shape index (κ2) is 5.53. The van der Waals surface area contributed by atoms with E-state index in [9.17, 15) is 0 Å². The summed E-state index contributed by atoms with van der Waals surface area (Å²) >= 11 is 0. The van der Waals surface area contributed by atoms with Gasteiger partial charge in [0.15, 0.2) is 0 Å². The van der Waals surface area contributed by atoms with Crippen molar-refractivity contribution < 1.29 is 0 Å². The summed E-state index contributed by atoms with van der Waals surface area (Å²) in [5, 5.41) is 1.23. The Morgan fingerprint density at radius 1 is 1.09 bits per heavy atom. The number of para-hydroxylation sites is 1. The summed E-state index contributed by atoms with van der Waals surface area (Å²) in [6.07, 6.45) is 4.38. The molecule has 22 heavy (non-hydrogen) atoms. The Morgan fingerprint density at radius 3 is 2.50 bits per heavy atom. The van der Waals surface area contributed by atoms with Crippen LogP contribution < -0.4 is 5.73 Å². The van der Waals surface area contributed by atoms with E-state index in [0.29, 0.717) is 0 Å². The van der Waals surface area contributed by atoms with Crippen LogP contribution in [0.5, 0.6) is 0 Å². The molecule has 1 aromatic heterocycles. The Morgan fingerprint density at radius 2 is 1.82 bits per heavy atom. The van der Waals surface area contributed by atoms with Crippen LogP contribution in [0.1, 0.15) is 43.4 Å². The van der Waals surface area contributed by atoms with Crippen LogP contribution >= 0.6 is 0 Å². The van der Waals surface area contributed by atoms with Crippen molar-refractivity contribution in [3.63, 3.8) is 0 Å². The van der Waals surface area contributed by atoms with E-state index < -0.39 is 0 Å². The summed E-state index contributed by atoms with van der Waals surface area (Å²) < 4.78 is 0. The number of hydrogen-bond donors (Lipinski definition) is 2. The molecule has 0 saturated carbocycles. The minimum atomic E-state index is -0.00546. The van der Waals surface area contributed by atoms with Gasteiger partial charge >= 0.3 is 0 Å². The molecule has 0 amide bonds. The first-order valence-corrected chi connectivity index (χ1v) is 7.99. The lowest BCUT2D eigenvalue weighted by Crippen LogP contribution is -2.23. The number of rotatable bonds is 4. The van der Waals surface area contributed by atoms with Crippen LogP contribution in [0.4, 0.5) is 5.69 Å². The number of anilines is 1. The third-order valence-electron chi connectivity index (χ3n) is 4.78. The molecular formula is C20H24N2. The first-order chi connectivity index (χ1) is 10.6. The van der Waals surface area contributed by atoms with E-state index in [1.807, 2.05) is 12.1 Å². The maximum Gasteiger partial charge on any atom is 0.0690 e. The second-order valence-corrected chi connectivity index (χ2v) is 6.42. The Bertz CT molecular complexity index is 783. The number of nitrogens with two attached hydrogens (primary N) is 1. The average Bonchev–Trinajstić information content (AvgIpc) is 2.94. The van der Waals surface area contributed by atoms with Gasteiger partial charge in [0.05, 0.1) is 11.2 Å². The van der Waals surface area contributed by atoms with Crippen molar-refractivity contribution in [1.29, 1.82) is 0 Å². The van der Waals surface area contributed by atoms with Crippen LogP contribution in [0.25, 0.3) is 10.9 Å². The van der Waals surface area contributed by atoms with Gasteiger partial charge in [-0.2, -0.15) is 0 Å². The van der Waals surface area contributed by atoms with Crippen molar-refractivity contribution in [2.24, 2.45) is 0 Å². The van der Waals surface area contributed by atoms with Gasteiger partial charge in [0.1, 0.15) is 0 Å². The Hall–Kier alpha value is -2.22. The first-order valence-electron chi connectivity index (χ1n) is 7.99. The lowest BCUT2D eigenvalue weighted by molar-refractivity contribution is 0.515. The van der Waals surface area contributed by atoms with Gasteiger partial charge in [-0.1, -0.05) is 62.2 Å². The predicted octanol–water partition coefficient (Wildman–Crippen LogP) is 5.16. The molecule has 0 aliphatic carbocycles. The number of fused-ring (bicyclic) bond motifs is 1. The number of aryl methyl sites for hydroxylation is 1. The fourth-order valence-corrected chi connectivity index (χ4v) is 3.49. The zero-order valence-electron chi connectivity index (χ0n) is 13.6. The van der Waals surface area contributed by atoms with E-state index in [2.05, 4.69) is 62.3 Å². The van der Waals surface area contributed by atoms with E-state index in [4.69, 9.17) is 5.73 Å². The summed E-state index contributed by atoms with van der Waals surface area (Å²) in [5.41, 5.74) is 12.0. The number of benzene rings is 2. The lowest BCUT2D eigenvalue weighted by Gasteiger charge is -2.30. The van der Waals surface area contributed by atoms with E-state index in [1.165, 1.54) is 22.1 Å². The Kier molecular flexibility index (Phi) is 3.69. The summed E-state index contributed by atoms with van der Waals surface area (Å²) in [6, 6.07) is 15.1. The van der Waals surface area contributed by atoms with Crippen molar-refractivity contribution in [2.45, 2.75) is 39.0 Å². The first kappa shape index (κ1) is 14.7. The SMILES string of the molecule is CCCC(C)(c1ccc(C)cc1)c1c[nH]c2c(N)cccc12. The van der Waals surface area contributed by atoms with Crippen molar-refractivity contribution >= 4 is 16.6 Å². The van der Waals surface area contributed by atoms with Crippen LogP contribution in [0.3, 0.4) is 0 Å². The van der Waals surface area contributed by atoms with Gasteiger partial charge in [-0.05, 0) is 30.5 Å². The van der Waals surface area contributed by atoms with E-state index in [0.717, 1.165) is 24.0 Å². The third kappa shape index (κ3) is 2.29. The van der Waals surface area contributed by atoms with Gasteiger partial charge in [-0.3, -0.25) is 0 Å². The molecule has 114 valence electrons. The van der Waals surface area contributed by atoms with Crippen molar-refractivity contribution in [3.8, 4) is 0 Å². The van der Waals surface area contributed by atoms with Crippen LogP contribution in [0, 0.1) is 6.92 Å². The maximum atomic E-state index is 6.11. The number of hydrogen-bond acceptors (Lipinski definition) is 1. The van der Waals surface area contributed by atoms with Crippen molar-refractivity contribution in [1.82, 2.24) is 4.98 Å². The zero-order chi connectivity index (χ0) is 15.7. The highest BCUT2D eigenvalue weighted by molar-refractivity contribution is 5.93. The molecule has 0 aliphatic rings. The molecular weight excluding hydrogens is 268 g/mol.